The Morgan fingerprint density at radius 3 is 2.33 bits per heavy atom. The molecule has 2 amide bonds. The highest BCUT2D eigenvalue weighted by molar-refractivity contribution is 7.13. The second-order valence-electron chi connectivity index (χ2n) is 6.31. The monoisotopic (exact) mass is 445 g/mol. The van der Waals surface area contributed by atoms with Crippen LogP contribution >= 0.6 is 11.3 Å². The molecule has 30 heavy (non-hydrogen) atoms. The predicted molar refractivity (Wildman–Crippen MR) is 102 cm³/mol. The van der Waals surface area contributed by atoms with E-state index in [0.717, 1.165) is 5.38 Å². The number of alkyl halides is 3. The van der Waals surface area contributed by atoms with E-state index < -0.39 is 23.7 Å². The minimum Gasteiger partial charge on any atom is -0.493 e. The van der Waals surface area contributed by atoms with Crippen LogP contribution in [-0.2, 0) is 15.8 Å². The third-order valence-corrected chi connectivity index (χ3v) is 5.24. The van der Waals surface area contributed by atoms with E-state index in [1.165, 1.54) is 26.2 Å². The Morgan fingerprint density at radius 1 is 1.20 bits per heavy atom. The van der Waals surface area contributed by atoms with E-state index in [1.54, 1.807) is 12.1 Å². The lowest BCUT2D eigenvalue weighted by Crippen LogP contribution is -2.28. The minimum absolute atomic E-state index is 0.0425. The number of hydrogen-bond donors (Lipinski definition) is 1. The molecule has 1 fully saturated rings. The molecule has 1 aromatic heterocycles. The lowest BCUT2D eigenvalue weighted by molar-refractivity contribution is -0.140. The normalized spacial score (nSPS) is 16.5. The van der Waals surface area contributed by atoms with Gasteiger partial charge >= 0.3 is 6.18 Å². The Kier molecular flexibility index (Phi) is 6.06. The lowest BCUT2D eigenvalue weighted by atomic mass is 10.1. The van der Waals surface area contributed by atoms with Gasteiger partial charge in [-0.1, -0.05) is 0 Å². The molecule has 0 bridgehead atoms. The average molecular weight is 445 g/mol. The quantitative estimate of drug-likeness (QED) is 0.735. The standard InChI is InChI=1S/C18H18F3N3O5S/c1-27-11-5-10(6-12(28-2)15(11)29-3)24-7-9(4-14(24)25)16(26)23-17-22-13(8-30-17)18(19,20)21/h5-6,8-9H,4,7H2,1-3H3,(H,22,23,26). The van der Waals surface area contributed by atoms with Crippen LogP contribution in [0.2, 0.25) is 0 Å². The second-order valence-corrected chi connectivity index (χ2v) is 7.17. The van der Waals surface area contributed by atoms with E-state index >= 15 is 0 Å². The molecular formula is C18H18F3N3O5S. The molecule has 1 N–H and O–H groups in total. The maximum atomic E-state index is 12.7. The Bertz CT molecular complexity index is 938. The summed E-state index contributed by atoms with van der Waals surface area (Å²) in [5.41, 5.74) is -0.636. The fraction of sp³-hybridized carbons (Fsp3) is 0.389. The summed E-state index contributed by atoms with van der Waals surface area (Å²) in [6, 6.07) is 3.16. The second kappa shape index (κ2) is 8.38. The van der Waals surface area contributed by atoms with Crippen LogP contribution in [0.25, 0.3) is 0 Å². The van der Waals surface area contributed by atoms with Gasteiger partial charge in [0, 0.05) is 30.5 Å². The highest BCUT2D eigenvalue weighted by Crippen LogP contribution is 2.42. The van der Waals surface area contributed by atoms with Crippen LogP contribution in [0.4, 0.5) is 24.0 Å². The SMILES string of the molecule is COc1cc(N2CC(C(=O)Nc3nc(C(F)(F)F)cs3)CC2=O)cc(OC)c1OC. The van der Waals surface area contributed by atoms with Gasteiger partial charge in [0.2, 0.25) is 17.6 Å². The van der Waals surface area contributed by atoms with Crippen LogP contribution in [0.15, 0.2) is 17.5 Å². The number of hydrogen-bond acceptors (Lipinski definition) is 7. The zero-order chi connectivity index (χ0) is 22.1. The summed E-state index contributed by atoms with van der Waals surface area (Å²) in [4.78, 5) is 29.7. The minimum atomic E-state index is -4.59. The summed E-state index contributed by atoms with van der Waals surface area (Å²) in [7, 11) is 4.32. The van der Waals surface area contributed by atoms with Crippen molar-refractivity contribution in [1.82, 2.24) is 4.98 Å². The molecule has 0 spiro atoms. The van der Waals surface area contributed by atoms with Gasteiger partial charge in [-0.25, -0.2) is 4.98 Å². The third kappa shape index (κ3) is 4.27. The van der Waals surface area contributed by atoms with Crippen molar-refractivity contribution in [2.24, 2.45) is 5.92 Å². The largest absolute Gasteiger partial charge is 0.493 e. The Morgan fingerprint density at radius 2 is 1.83 bits per heavy atom. The fourth-order valence-corrected chi connectivity index (χ4v) is 3.74. The summed E-state index contributed by atoms with van der Waals surface area (Å²) < 4.78 is 53.8. The van der Waals surface area contributed by atoms with Crippen LogP contribution in [0.3, 0.4) is 0 Å². The van der Waals surface area contributed by atoms with Crippen LogP contribution in [0, 0.1) is 5.92 Å². The topological polar surface area (TPSA) is 90.0 Å². The van der Waals surface area contributed by atoms with Crippen molar-refractivity contribution in [2.75, 3.05) is 38.1 Å². The molecule has 12 heteroatoms. The van der Waals surface area contributed by atoms with Crippen molar-refractivity contribution in [2.45, 2.75) is 12.6 Å². The molecule has 1 aliphatic heterocycles. The number of aromatic nitrogens is 1. The molecule has 2 heterocycles. The summed E-state index contributed by atoms with van der Waals surface area (Å²) in [6.45, 7) is 0.0425. The molecule has 2 aromatic rings. The number of rotatable bonds is 6. The molecule has 0 radical (unpaired) electrons. The van der Waals surface area contributed by atoms with Gasteiger partial charge in [0.1, 0.15) is 0 Å². The zero-order valence-electron chi connectivity index (χ0n) is 16.2. The Labute approximate surface area is 173 Å². The Hall–Kier alpha value is -3.02. The molecule has 1 unspecified atom stereocenters. The number of anilines is 2. The molecule has 3 rings (SSSR count). The summed E-state index contributed by atoms with van der Waals surface area (Å²) in [5.74, 6) is -0.616. The fourth-order valence-electron chi connectivity index (χ4n) is 3.02. The molecule has 1 aromatic carbocycles. The van der Waals surface area contributed by atoms with Gasteiger partial charge in [0.15, 0.2) is 22.3 Å². The number of benzene rings is 1. The highest BCUT2D eigenvalue weighted by Gasteiger charge is 2.37. The maximum Gasteiger partial charge on any atom is 0.434 e. The van der Waals surface area contributed by atoms with E-state index in [-0.39, 0.29) is 24.0 Å². The first-order valence-electron chi connectivity index (χ1n) is 8.61. The number of methoxy groups -OCH3 is 3. The van der Waals surface area contributed by atoms with Crippen LogP contribution in [0.5, 0.6) is 17.2 Å². The number of nitrogens with one attached hydrogen (secondary N) is 1. The van der Waals surface area contributed by atoms with Crippen molar-refractivity contribution in [3.63, 3.8) is 0 Å². The van der Waals surface area contributed by atoms with E-state index in [9.17, 15) is 22.8 Å². The van der Waals surface area contributed by atoms with Crippen molar-refractivity contribution < 1.29 is 37.0 Å². The molecule has 0 saturated carbocycles. The number of carbonyl (C=O) groups is 2. The Balaban J connectivity index is 1.76. The molecular weight excluding hydrogens is 427 g/mol. The first-order chi connectivity index (χ1) is 14.2. The van der Waals surface area contributed by atoms with Gasteiger partial charge in [0.05, 0.1) is 32.9 Å². The summed E-state index contributed by atoms with van der Waals surface area (Å²) in [5, 5.41) is 2.99. The van der Waals surface area contributed by atoms with Crippen molar-refractivity contribution in [3.05, 3.63) is 23.2 Å². The average Bonchev–Trinajstić information content (AvgIpc) is 3.33. The van der Waals surface area contributed by atoms with Crippen LogP contribution in [-0.4, -0.2) is 44.7 Å². The van der Waals surface area contributed by atoms with E-state index in [1.807, 2.05) is 0 Å². The molecule has 0 aliphatic carbocycles. The number of amides is 2. The van der Waals surface area contributed by atoms with Gasteiger partial charge < -0.3 is 24.4 Å². The lowest BCUT2D eigenvalue weighted by Gasteiger charge is -2.20. The summed E-state index contributed by atoms with van der Waals surface area (Å²) in [6.07, 6.45) is -4.69. The van der Waals surface area contributed by atoms with Crippen LogP contribution < -0.4 is 24.4 Å². The number of ether oxygens (including phenoxy) is 3. The van der Waals surface area contributed by atoms with Crippen molar-refractivity contribution in [3.8, 4) is 17.2 Å². The van der Waals surface area contributed by atoms with Crippen molar-refractivity contribution in [1.29, 1.82) is 0 Å². The molecule has 8 nitrogen and oxygen atoms in total. The number of nitrogens with zero attached hydrogens (tertiary/aromatic N) is 2. The number of thiazole rings is 1. The summed E-state index contributed by atoms with van der Waals surface area (Å²) >= 11 is 0.667. The number of halogens is 3. The molecule has 1 saturated heterocycles. The third-order valence-electron chi connectivity index (χ3n) is 4.48. The highest BCUT2D eigenvalue weighted by atomic mass is 32.1. The van der Waals surface area contributed by atoms with E-state index in [4.69, 9.17) is 14.2 Å². The van der Waals surface area contributed by atoms with E-state index in [0.29, 0.717) is 34.3 Å². The smallest absolute Gasteiger partial charge is 0.434 e. The predicted octanol–water partition coefficient (Wildman–Crippen LogP) is 3.18. The van der Waals surface area contributed by atoms with Gasteiger partial charge in [-0.2, -0.15) is 13.2 Å². The number of carbonyl (C=O) groups excluding carboxylic acids is 2. The molecule has 1 atom stereocenters. The molecule has 162 valence electrons. The van der Waals surface area contributed by atoms with Gasteiger partial charge in [0.25, 0.3) is 0 Å². The first-order valence-corrected chi connectivity index (χ1v) is 9.49. The van der Waals surface area contributed by atoms with Gasteiger partial charge in [-0.3, -0.25) is 9.59 Å². The first kappa shape index (κ1) is 21.7. The van der Waals surface area contributed by atoms with Gasteiger partial charge in [-0.15, -0.1) is 11.3 Å². The maximum absolute atomic E-state index is 12.7. The van der Waals surface area contributed by atoms with E-state index in [2.05, 4.69) is 10.3 Å². The zero-order valence-corrected chi connectivity index (χ0v) is 17.0. The van der Waals surface area contributed by atoms with Crippen molar-refractivity contribution >= 4 is 34.0 Å². The van der Waals surface area contributed by atoms with Crippen LogP contribution in [0.1, 0.15) is 12.1 Å². The van der Waals surface area contributed by atoms with Gasteiger partial charge in [-0.05, 0) is 0 Å². The molecule has 1 aliphatic rings.